The molecule has 4 heteroatoms. The Balaban J connectivity index is 2.02. The molecule has 1 heterocycles. The van der Waals surface area contributed by atoms with Crippen LogP contribution < -0.4 is 5.32 Å². The van der Waals surface area contributed by atoms with Gasteiger partial charge in [-0.05, 0) is 30.5 Å². The number of carbonyl (C=O) groups is 1. The number of anilines is 1. The Morgan fingerprint density at radius 1 is 1.32 bits per heavy atom. The Morgan fingerprint density at radius 2 is 2.16 bits per heavy atom. The minimum Gasteiger partial charge on any atom is -0.302 e. The molecule has 1 aromatic carbocycles. The molecular weight excluding hydrogens is 256 g/mol. The van der Waals surface area contributed by atoms with Crippen molar-refractivity contribution in [3.05, 3.63) is 23.8 Å². The summed E-state index contributed by atoms with van der Waals surface area (Å²) in [5.41, 5.74) is 2.27. The fourth-order valence-electron chi connectivity index (χ4n) is 1.96. The first-order valence-corrected chi connectivity index (χ1v) is 7.74. The number of thiazole rings is 1. The SMILES string of the molecule is CCCCCC(=O)Nc1nc2ccc(CC)cc2s1. The third-order valence-electron chi connectivity index (χ3n) is 3.11. The number of rotatable bonds is 6. The molecule has 3 nitrogen and oxygen atoms in total. The number of fused-ring (bicyclic) bond motifs is 1. The monoisotopic (exact) mass is 276 g/mol. The van der Waals surface area contributed by atoms with Crippen molar-refractivity contribution in [1.82, 2.24) is 4.98 Å². The summed E-state index contributed by atoms with van der Waals surface area (Å²) in [6.45, 7) is 4.27. The average Bonchev–Trinajstić information content (AvgIpc) is 2.79. The summed E-state index contributed by atoms with van der Waals surface area (Å²) >= 11 is 1.55. The zero-order valence-electron chi connectivity index (χ0n) is 11.5. The number of aromatic nitrogens is 1. The smallest absolute Gasteiger partial charge is 0.226 e. The van der Waals surface area contributed by atoms with Crippen LogP contribution in [0.2, 0.25) is 0 Å². The summed E-state index contributed by atoms with van der Waals surface area (Å²) in [6.07, 6.45) is 4.80. The Labute approximate surface area is 118 Å². The van der Waals surface area contributed by atoms with E-state index in [2.05, 4.69) is 36.3 Å². The third kappa shape index (κ3) is 3.77. The lowest BCUT2D eigenvalue weighted by atomic mass is 10.2. The highest BCUT2D eigenvalue weighted by Crippen LogP contribution is 2.27. The Hall–Kier alpha value is -1.42. The highest BCUT2D eigenvalue weighted by Gasteiger charge is 2.07. The Kier molecular flexibility index (Phi) is 4.91. The van der Waals surface area contributed by atoms with Gasteiger partial charge in [0.1, 0.15) is 0 Å². The van der Waals surface area contributed by atoms with Crippen molar-refractivity contribution in [2.24, 2.45) is 0 Å². The number of hydrogen-bond donors (Lipinski definition) is 1. The highest BCUT2D eigenvalue weighted by molar-refractivity contribution is 7.22. The summed E-state index contributed by atoms with van der Waals surface area (Å²) in [4.78, 5) is 16.2. The van der Waals surface area contributed by atoms with E-state index >= 15 is 0 Å². The highest BCUT2D eigenvalue weighted by atomic mass is 32.1. The molecule has 1 aromatic heterocycles. The van der Waals surface area contributed by atoms with Crippen LogP contribution in [0.1, 0.15) is 45.1 Å². The molecule has 2 aromatic rings. The van der Waals surface area contributed by atoms with Gasteiger partial charge in [-0.25, -0.2) is 4.98 Å². The Morgan fingerprint density at radius 3 is 2.89 bits per heavy atom. The molecule has 2 rings (SSSR count). The number of hydrogen-bond acceptors (Lipinski definition) is 3. The predicted octanol–water partition coefficient (Wildman–Crippen LogP) is 4.38. The summed E-state index contributed by atoms with van der Waals surface area (Å²) < 4.78 is 1.14. The van der Waals surface area contributed by atoms with E-state index < -0.39 is 0 Å². The van der Waals surface area contributed by atoms with E-state index in [0.29, 0.717) is 11.6 Å². The van der Waals surface area contributed by atoms with Crippen LogP contribution in [-0.2, 0) is 11.2 Å². The van der Waals surface area contributed by atoms with Crippen LogP contribution in [0.15, 0.2) is 18.2 Å². The van der Waals surface area contributed by atoms with Gasteiger partial charge in [0, 0.05) is 6.42 Å². The maximum absolute atomic E-state index is 11.7. The molecule has 0 aliphatic rings. The molecule has 0 aliphatic carbocycles. The van der Waals surface area contributed by atoms with Crippen LogP contribution in [0.4, 0.5) is 5.13 Å². The quantitative estimate of drug-likeness (QED) is 0.796. The van der Waals surface area contributed by atoms with E-state index in [-0.39, 0.29) is 5.91 Å². The molecule has 0 aliphatic heterocycles. The first-order valence-electron chi connectivity index (χ1n) is 6.92. The van der Waals surface area contributed by atoms with Crippen molar-refractivity contribution in [3.8, 4) is 0 Å². The number of aryl methyl sites for hydroxylation is 1. The van der Waals surface area contributed by atoms with Gasteiger partial charge in [-0.1, -0.05) is 44.1 Å². The second-order valence-electron chi connectivity index (χ2n) is 4.68. The average molecular weight is 276 g/mol. The fourth-order valence-corrected chi connectivity index (χ4v) is 2.91. The molecule has 0 unspecified atom stereocenters. The largest absolute Gasteiger partial charge is 0.302 e. The normalized spacial score (nSPS) is 10.8. The van der Waals surface area contributed by atoms with E-state index in [1.807, 2.05) is 6.07 Å². The first kappa shape index (κ1) is 14.0. The topological polar surface area (TPSA) is 42.0 Å². The molecule has 0 fully saturated rings. The molecule has 0 saturated carbocycles. The van der Waals surface area contributed by atoms with Crippen molar-refractivity contribution in [2.45, 2.75) is 46.0 Å². The molecule has 0 radical (unpaired) electrons. The van der Waals surface area contributed by atoms with Gasteiger partial charge in [-0.15, -0.1) is 0 Å². The van der Waals surface area contributed by atoms with Crippen molar-refractivity contribution < 1.29 is 4.79 Å². The van der Waals surface area contributed by atoms with Gasteiger partial charge in [0.05, 0.1) is 10.2 Å². The minimum absolute atomic E-state index is 0.0724. The standard InChI is InChI=1S/C15H20N2OS/c1-3-5-6-7-14(18)17-15-16-12-9-8-11(4-2)10-13(12)19-15/h8-10H,3-7H2,1-2H3,(H,16,17,18). The summed E-state index contributed by atoms with van der Waals surface area (Å²) in [6, 6.07) is 6.27. The number of amides is 1. The molecule has 1 N–H and O–H groups in total. The van der Waals surface area contributed by atoms with Crippen molar-refractivity contribution >= 4 is 32.6 Å². The lowest BCUT2D eigenvalue weighted by molar-refractivity contribution is -0.116. The predicted molar refractivity (Wildman–Crippen MR) is 81.8 cm³/mol. The molecule has 19 heavy (non-hydrogen) atoms. The van der Waals surface area contributed by atoms with Crippen LogP contribution in [-0.4, -0.2) is 10.9 Å². The molecule has 1 amide bonds. The van der Waals surface area contributed by atoms with E-state index in [1.165, 1.54) is 5.56 Å². The first-order chi connectivity index (χ1) is 9.22. The van der Waals surface area contributed by atoms with E-state index in [9.17, 15) is 4.79 Å². The second kappa shape index (κ2) is 6.66. The molecule has 102 valence electrons. The van der Waals surface area contributed by atoms with Gasteiger partial charge in [0.2, 0.25) is 5.91 Å². The van der Waals surface area contributed by atoms with Gasteiger partial charge in [0.25, 0.3) is 0 Å². The summed E-state index contributed by atoms with van der Waals surface area (Å²) in [5, 5.41) is 3.61. The van der Waals surface area contributed by atoms with Crippen LogP contribution in [0.3, 0.4) is 0 Å². The number of benzene rings is 1. The van der Waals surface area contributed by atoms with Gasteiger partial charge < -0.3 is 5.32 Å². The van der Waals surface area contributed by atoms with Crippen LogP contribution in [0, 0.1) is 0 Å². The molecule has 0 saturated heterocycles. The molecule has 0 bridgehead atoms. The second-order valence-corrected chi connectivity index (χ2v) is 5.71. The van der Waals surface area contributed by atoms with Gasteiger partial charge in [-0.2, -0.15) is 0 Å². The van der Waals surface area contributed by atoms with Gasteiger partial charge >= 0.3 is 0 Å². The maximum atomic E-state index is 11.7. The zero-order valence-corrected chi connectivity index (χ0v) is 12.3. The van der Waals surface area contributed by atoms with E-state index in [1.54, 1.807) is 11.3 Å². The van der Waals surface area contributed by atoms with Gasteiger partial charge in [-0.3, -0.25) is 4.79 Å². The Bertz CT molecular complexity index is 562. The number of nitrogens with one attached hydrogen (secondary N) is 1. The van der Waals surface area contributed by atoms with E-state index in [4.69, 9.17) is 0 Å². The third-order valence-corrected chi connectivity index (χ3v) is 4.05. The fraction of sp³-hybridized carbons (Fsp3) is 0.467. The van der Waals surface area contributed by atoms with E-state index in [0.717, 1.165) is 35.9 Å². The van der Waals surface area contributed by atoms with Gasteiger partial charge in [0.15, 0.2) is 5.13 Å². The van der Waals surface area contributed by atoms with Crippen molar-refractivity contribution in [3.63, 3.8) is 0 Å². The van der Waals surface area contributed by atoms with Crippen molar-refractivity contribution in [1.29, 1.82) is 0 Å². The van der Waals surface area contributed by atoms with Crippen LogP contribution in [0.25, 0.3) is 10.2 Å². The van der Waals surface area contributed by atoms with Crippen LogP contribution >= 0.6 is 11.3 Å². The summed E-state index contributed by atoms with van der Waals surface area (Å²) in [5.74, 6) is 0.0724. The number of nitrogens with zero attached hydrogens (tertiary/aromatic N) is 1. The molecule has 0 spiro atoms. The lowest BCUT2D eigenvalue weighted by Crippen LogP contribution is -2.10. The van der Waals surface area contributed by atoms with Crippen LogP contribution in [0.5, 0.6) is 0 Å². The maximum Gasteiger partial charge on any atom is 0.226 e. The molecular formula is C15H20N2OS. The summed E-state index contributed by atoms with van der Waals surface area (Å²) in [7, 11) is 0. The number of carbonyl (C=O) groups excluding carboxylic acids is 1. The zero-order chi connectivity index (χ0) is 13.7. The minimum atomic E-state index is 0.0724. The van der Waals surface area contributed by atoms with Crippen molar-refractivity contribution in [2.75, 3.05) is 5.32 Å². The lowest BCUT2D eigenvalue weighted by Gasteiger charge is -1.99. The molecule has 0 atom stereocenters. The number of unbranched alkanes of at least 4 members (excludes halogenated alkanes) is 2.